The van der Waals surface area contributed by atoms with Crippen molar-refractivity contribution in [3.63, 3.8) is 0 Å². The molecule has 8 heteroatoms. The van der Waals surface area contributed by atoms with Gasteiger partial charge in [-0.25, -0.2) is 9.78 Å². The number of piperidine rings is 1. The fraction of sp³-hybridized carbons (Fsp3) is 0.529. The number of carbonyl (C=O) groups excluding carboxylic acids is 1. The molecule has 4 rings (SSSR count). The number of nitrogens with zero attached hydrogens (tertiary/aromatic N) is 2. The van der Waals surface area contributed by atoms with Crippen LogP contribution in [0.3, 0.4) is 0 Å². The number of oxazole rings is 1. The van der Waals surface area contributed by atoms with Gasteiger partial charge in [-0.1, -0.05) is 0 Å². The lowest BCUT2D eigenvalue weighted by Crippen LogP contribution is -2.46. The molecular weight excluding hydrogens is 335 g/mol. The summed E-state index contributed by atoms with van der Waals surface area (Å²) in [5, 5.41) is 2.67. The van der Waals surface area contributed by atoms with E-state index in [1.165, 1.54) is 4.90 Å². The summed E-state index contributed by atoms with van der Waals surface area (Å²) < 4.78 is 44.3. The van der Waals surface area contributed by atoms with Crippen molar-refractivity contribution in [3.05, 3.63) is 24.1 Å². The highest BCUT2D eigenvalue weighted by Crippen LogP contribution is 2.40. The zero-order valence-electron chi connectivity index (χ0n) is 13.5. The van der Waals surface area contributed by atoms with E-state index in [1.807, 2.05) is 0 Å². The van der Waals surface area contributed by atoms with Gasteiger partial charge in [0, 0.05) is 24.7 Å². The molecule has 0 spiro atoms. The molecule has 1 saturated carbocycles. The summed E-state index contributed by atoms with van der Waals surface area (Å²) in [6.45, 7) is 0.0316. The number of fused-ring (bicyclic) bond motifs is 1. The number of hydrogen-bond donors (Lipinski definition) is 1. The monoisotopic (exact) mass is 353 g/mol. The first-order chi connectivity index (χ1) is 11.9. The van der Waals surface area contributed by atoms with Gasteiger partial charge >= 0.3 is 12.2 Å². The smallest absolute Gasteiger partial charge is 0.393 e. The molecule has 2 heterocycles. The Kier molecular flexibility index (Phi) is 3.85. The van der Waals surface area contributed by atoms with Crippen molar-refractivity contribution >= 4 is 22.8 Å². The lowest BCUT2D eigenvalue weighted by molar-refractivity contribution is -0.183. The fourth-order valence-electron chi connectivity index (χ4n) is 3.16. The van der Waals surface area contributed by atoms with Gasteiger partial charge in [0.1, 0.15) is 5.52 Å². The zero-order chi connectivity index (χ0) is 17.6. The van der Waals surface area contributed by atoms with Crippen LogP contribution in [0.5, 0.6) is 0 Å². The average molecular weight is 353 g/mol. The summed E-state index contributed by atoms with van der Waals surface area (Å²) in [5.74, 6) is -0.355. The van der Waals surface area contributed by atoms with E-state index in [0.717, 1.165) is 12.8 Å². The van der Waals surface area contributed by atoms with E-state index in [0.29, 0.717) is 41.6 Å². The highest BCUT2D eigenvalue weighted by atomic mass is 19.4. The van der Waals surface area contributed by atoms with Gasteiger partial charge in [-0.3, -0.25) is 0 Å². The van der Waals surface area contributed by atoms with E-state index < -0.39 is 18.1 Å². The number of rotatable bonds is 2. The number of urea groups is 1. The van der Waals surface area contributed by atoms with Gasteiger partial charge in [0.25, 0.3) is 0 Å². The molecule has 1 aliphatic heterocycles. The Morgan fingerprint density at radius 1 is 1.28 bits per heavy atom. The molecule has 1 aromatic carbocycles. The molecule has 2 amide bonds. The molecule has 2 aromatic rings. The van der Waals surface area contributed by atoms with Crippen LogP contribution in [0.15, 0.2) is 22.6 Å². The van der Waals surface area contributed by atoms with E-state index in [2.05, 4.69) is 10.3 Å². The van der Waals surface area contributed by atoms with Crippen LogP contribution in [-0.4, -0.2) is 35.2 Å². The molecule has 5 nitrogen and oxygen atoms in total. The molecule has 134 valence electrons. The normalized spacial score (nSPS) is 21.6. The third-order valence-electron chi connectivity index (χ3n) is 4.75. The molecule has 0 radical (unpaired) electrons. The third kappa shape index (κ3) is 3.43. The molecule has 1 aromatic heterocycles. The first kappa shape index (κ1) is 16.2. The van der Waals surface area contributed by atoms with Crippen LogP contribution in [0.4, 0.5) is 23.7 Å². The van der Waals surface area contributed by atoms with Gasteiger partial charge in [0.2, 0.25) is 0 Å². The van der Waals surface area contributed by atoms with E-state index >= 15 is 0 Å². The molecule has 1 saturated heterocycles. The van der Waals surface area contributed by atoms with Crippen LogP contribution in [0.25, 0.3) is 11.1 Å². The molecule has 0 unspecified atom stereocenters. The van der Waals surface area contributed by atoms with Crippen molar-refractivity contribution in [2.24, 2.45) is 5.92 Å². The van der Waals surface area contributed by atoms with Gasteiger partial charge in [-0.05, 0) is 43.9 Å². The standard InChI is InChI=1S/C17H18F3N3O2/c18-17(19,20)11-2-1-7-23(9-11)16(24)21-12-5-6-14-13(8-12)22-15(25-14)10-3-4-10/h5-6,8,10-11H,1-4,7,9H2,(H,21,24)/t11-/m1/s1. The highest BCUT2D eigenvalue weighted by molar-refractivity contribution is 5.91. The average Bonchev–Trinajstić information content (AvgIpc) is 3.34. The fourth-order valence-corrected chi connectivity index (χ4v) is 3.16. The van der Waals surface area contributed by atoms with Gasteiger partial charge in [0.15, 0.2) is 11.5 Å². The quantitative estimate of drug-likeness (QED) is 0.864. The zero-order valence-corrected chi connectivity index (χ0v) is 13.5. The van der Waals surface area contributed by atoms with Crippen LogP contribution < -0.4 is 5.32 Å². The molecule has 2 aliphatic rings. The number of nitrogens with one attached hydrogen (secondary N) is 1. The van der Waals surface area contributed by atoms with Crippen molar-refractivity contribution < 1.29 is 22.4 Å². The summed E-state index contributed by atoms with van der Waals surface area (Å²) in [7, 11) is 0. The molecule has 1 aliphatic carbocycles. The molecular formula is C17H18F3N3O2. The molecule has 25 heavy (non-hydrogen) atoms. The first-order valence-electron chi connectivity index (χ1n) is 8.43. The predicted octanol–water partition coefficient (Wildman–Crippen LogP) is 4.51. The van der Waals surface area contributed by atoms with Crippen LogP contribution in [-0.2, 0) is 0 Å². The van der Waals surface area contributed by atoms with Crippen LogP contribution in [0, 0.1) is 5.92 Å². The van der Waals surface area contributed by atoms with E-state index in [1.54, 1.807) is 18.2 Å². The molecule has 1 atom stereocenters. The number of hydrogen-bond acceptors (Lipinski definition) is 3. The minimum Gasteiger partial charge on any atom is -0.440 e. The van der Waals surface area contributed by atoms with Crippen molar-refractivity contribution in [1.82, 2.24) is 9.88 Å². The summed E-state index contributed by atoms with van der Waals surface area (Å²) in [5.41, 5.74) is 1.80. The predicted molar refractivity (Wildman–Crippen MR) is 85.4 cm³/mol. The Morgan fingerprint density at radius 3 is 2.80 bits per heavy atom. The number of alkyl halides is 3. The second kappa shape index (κ2) is 5.93. The Labute approximate surface area is 142 Å². The Morgan fingerprint density at radius 2 is 2.08 bits per heavy atom. The van der Waals surface area contributed by atoms with E-state index in [9.17, 15) is 18.0 Å². The maximum Gasteiger partial charge on any atom is 0.393 e. The SMILES string of the molecule is O=C(Nc1ccc2oc(C3CC3)nc2c1)N1CCC[C@@H](C(F)(F)F)C1. The Bertz CT molecular complexity index is 798. The van der Waals surface area contributed by atoms with Crippen LogP contribution in [0.1, 0.15) is 37.5 Å². The summed E-state index contributed by atoms with van der Waals surface area (Å²) in [6.07, 6.45) is -1.69. The van der Waals surface area contributed by atoms with Crippen molar-refractivity contribution in [2.45, 2.75) is 37.8 Å². The molecule has 0 bridgehead atoms. The Balaban J connectivity index is 1.45. The molecule has 1 N–H and O–H groups in total. The number of halogens is 3. The lowest BCUT2D eigenvalue weighted by Gasteiger charge is -2.33. The maximum absolute atomic E-state index is 12.9. The van der Waals surface area contributed by atoms with Gasteiger partial charge in [0.05, 0.1) is 5.92 Å². The van der Waals surface area contributed by atoms with E-state index in [4.69, 9.17) is 4.42 Å². The summed E-state index contributed by atoms with van der Waals surface area (Å²) >= 11 is 0. The van der Waals surface area contributed by atoms with Crippen LogP contribution in [0.2, 0.25) is 0 Å². The van der Waals surface area contributed by atoms with Crippen molar-refractivity contribution in [2.75, 3.05) is 18.4 Å². The highest BCUT2D eigenvalue weighted by Gasteiger charge is 2.42. The van der Waals surface area contributed by atoms with Crippen molar-refractivity contribution in [3.8, 4) is 0 Å². The number of anilines is 1. The molecule has 2 fully saturated rings. The van der Waals surface area contributed by atoms with Gasteiger partial charge in [-0.15, -0.1) is 0 Å². The second-order valence-corrected chi connectivity index (χ2v) is 6.77. The number of amides is 2. The van der Waals surface area contributed by atoms with Crippen LogP contribution >= 0.6 is 0 Å². The minimum absolute atomic E-state index is 0.0715. The van der Waals surface area contributed by atoms with Gasteiger partial charge < -0.3 is 14.6 Å². The number of likely N-dealkylation sites (tertiary alicyclic amines) is 1. The topological polar surface area (TPSA) is 58.4 Å². The second-order valence-electron chi connectivity index (χ2n) is 6.77. The largest absolute Gasteiger partial charge is 0.440 e. The van der Waals surface area contributed by atoms with Crippen molar-refractivity contribution in [1.29, 1.82) is 0 Å². The number of aromatic nitrogens is 1. The summed E-state index contributed by atoms with van der Waals surface area (Å²) in [6, 6.07) is 4.57. The Hall–Kier alpha value is -2.25. The van der Waals surface area contributed by atoms with Gasteiger partial charge in [-0.2, -0.15) is 13.2 Å². The lowest BCUT2D eigenvalue weighted by atomic mass is 9.98. The maximum atomic E-state index is 12.9. The number of carbonyl (C=O) groups is 1. The summed E-state index contributed by atoms with van der Waals surface area (Å²) in [4.78, 5) is 17.9. The first-order valence-corrected chi connectivity index (χ1v) is 8.43. The number of benzene rings is 1. The van der Waals surface area contributed by atoms with E-state index in [-0.39, 0.29) is 13.0 Å². The minimum atomic E-state index is -4.27. The third-order valence-corrected chi connectivity index (χ3v) is 4.75.